The molecule has 1 aliphatic carbocycles. The standard InChI is InChI=1S/C19H27NO4/c1-5-24-15-12-19(17(22)23,18(15,3)4)20-16(21)11-10-14-8-6-13(2)7-9-14/h6-9,15H,5,10-12H2,1-4H3,(H,20,21)(H,22,23). The Kier molecular flexibility index (Phi) is 5.33. The van der Waals surface area contributed by atoms with Crippen molar-refractivity contribution < 1.29 is 19.4 Å². The van der Waals surface area contributed by atoms with Gasteiger partial charge in [0.2, 0.25) is 5.91 Å². The molecule has 2 unspecified atom stereocenters. The molecule has 1 aromatic carbocycles. The second kappa shape index (κ2) is 6.93. The molecule has 132 valence electrons. The minimum Gasteiger partial charge on any atom is -0.479 e. The van der Waals surface area contributed by atoms with E-state index >= 15 is 0 Å². The van der Waals surface area contributed by atoms with E-state index in [9.17, 15) is 14.7 Å². The van der Waals surface area contributed by atoms with E-state index in [1.54, 1.807) is 0 Å². The Hall–Kier alpha value is -1.88. The van der Waals surface area contributed by atoms with E-state index < -0.39 is 16.9 Å². The highest BCUT2D eigenvalue weighted by Gasteiger charge is 2.66. The molecule has 1 aliphatic rings. The lowest BCUT2D eigenvalue weighted by Gasteiger charge is -2.58. The quantitative estimate of drug-likeness (QED) is 0.804. The van der Waals surface area contributed by atoms with Crippen molar-refractivity contribution in [1.82, 2.24) is 5.32 Å². The molecule has 5 heteroatoms. The molecular weight excluding hydrogens is 306 g/mol. The van der Waals surface area contributed by atoms with Crippen molar-refractivity contribution in [2.75, 3.05) is 6.61 Å². The lowest BCUT2D eigenvalue weighted by atomic mass is 9.54. The maximum Gasteiger partial charge on any atom is 0.330 e. The predicted octanol–water partition coefficient (Wildman–Crippen LogP) is 2.70. The normalized spacial score (nSPS) is 24.9. The number of hydrogen-bond donors (Lipinski definition) is 2. The SMILES string of the molecule is CCOC1CC(NC(=O)CCc2ccc(C)cc2)(C(=O)O)C1(C)C. The number of aliphatic carboxylic acids is 1. The molecule has 0 aliphatic heterocycles. The van der Waals surface area contributed by atoms with Crippen molar-refractivity contribution in [3.8, 4) is 0 Å². The first-order chi connectivity index (χ1) is 11.2. The van der Waals surface area contributed by atoms with E-state index in [-0.39, 0.29) is 18.4 Å². The molecule has 0 heterocycles. The van der Waals surface area contributed by atoms with E-state index in [0.717, 1.165) is 5.56 Å². The van der Waals surface area contributed by atoms with Gasteiger partial charge in [0.05, 0.1) is 6.10 Å². The van der Waals surface area contributed by atoms with Crippen LogP contribution in [-0.4, -0.2) is 35.2 Å². The molecule has 1 fully saturated rings. The fourth-order valence-electron chi connectivity index (χ4n) is 3.35. The molecule has 2 N–H and O–H groups in total. The van der Waals surface area contributed by atoms with Gasteiger partial charge in [-0.15, -0.1) is 0 Å². The Bertz CT molecular complexity index is 608. The van der Waals surface area contributed by atoms with Crippen LogP contribution < -0.4 is 5.32 Å². The van der Waals surface area contributed by atoms with Crippen LogP contribution >= 0.6 is 0 Å². The summed E-state index contributed by atoms with van der Waals surface area (Å²) in [7, 11) is 0. The van der Waals surface area contributed by atoms with E-state index in [0.29, 0.717) is 19.4 Å². The number of carboxylic acids is 1. The van der Waals surface area contributed by atoms with Crippen LogP contribution in [0.5, 0.6) is 0 Å². The zero-order chi connectivity index (χ0) is 18.0. The van der Waals surface area contributed by atoms with Gasteiger partial charge in [-0.25, -0.2) is 4.79 Å². The number of carbonyl (C=O) groups is 2. The van der Waals surface area contributed by atoms with E-state index in [4.69, 9.17) is 4.74 Å². The van der Waals surface area contributed by atoms with E-state index in [2.05, 4.69) is 5.32 Å². The number of hydrogen-bond acceptors (Lipinski definition) is 3. The summed E-state index contributed by atoms with van der Waals surface area (Å²) >= 11 is 0. The van der Waals surface area contributed by atoms with E-state index in [1.807, 2.05) is 52.0 Å². The number of rotatable bonds is 7. The number of aryl methyl sites for hydroxylation is 2. The third kappa shape index (κ3) is 3.31. The number of carbonyl (C=O) groups excluding carboxylic acids is 1. The summed E-state index contributed by atoms with van der Waals surface area (Å²) < 4.78 is 5.61. The molecule has 1 amide bonds. The van der Waals surface area contributed by atoms with Crippen LogP contribution in [0.15, 0.2) is 24.3 Å². The molecule has 1 aromatic rings. The summed E-state index contributed by atoms with van der Waals surface area (Å²) in [6.07, 6.45) is 1.01. The van der Waals surface area contributed by atoms with Crippen LogP contribution in [0.2, 0.25) is 0 Å². The molecule has 2 rings (SSSR count). The van der Waals surface area contributed by atoms with Crippen molar-refractivity contribution in [2.24, 2.45) is 5.41 Å². The maximum absolute atomic E-state index is 12.3. The van der Waals surface area contributed by atoms with Crippen molar-refractivity contribution in [2.45, 2.75) is 58.6 Å². The molecular formula is C19H27NO4. The van der Waals surface area contributed by atoms with Gasteiger partial charge in [0.25, 0.3) is 0 Å². The smallest absolute Gasteiger partial charge is 0.330 e. The van der Waals surface area contributed by atoms with Gasteiger partial charge < -0.3 is 15.2 Å². The third-order valence-corrected chi connectivity index (χ3v) is 5.24. The molecule has 2 atom stereocenters. The number of amides is 1. The summed E-state index contributed by atoms with van der Waals surface area (Å²) in [6, 6.07) is 8.00. The van der Waals surface area contributed by atoms with Gasteiger partial charge in [0.1, 0.15) is 5.54 Å². The van der Waals surface area contributed by atoms with Gasteiger partial charge >= 0.3 is 5.97 Å². The van der Waals surface area contributed by atoms with Gasteiger partial charge in [-0.05, 0) is 25.8 Å². The van der Waals surface area contributed by atoms with Gasteiger partial charge in [0.15, 0.2) is 0 Å². The molecule has 0 radical (unpaired) electrons. The van der Waals surface area contributed by atoms with Gasteiger partial charge in [-0.2, -0.15) is 0 Å². The van der Waals surface area contributed by atoms with Crippen LogP contribution in [0.3, 0.4) is 0 Å². The number of benzene rings is 1. The average Bonchev–Trinajstić information content (AvgIpc) is 2.52. The van der Waals surface area contributed by atoms with Crippen molar-refractivity contribution in [3.05, 3.63) is 35.4 Å². The second-order valence-corrected chi connectivity index (χ2v) is 7.11. The first-order valence-corrected chi connectivity index (χ1v) is 8.44. The Balaban J connectivity index is 2.00. The summed E-state index contributed by atoms with van der Waals surface area (Å²) in [5.41, 5.74) is 0.345. The van der Waals surface area contributed by atoms with Crippen LogP contribution in [0, 0.1) is 12.3 Å². The highest BCUT2D eigenvalue weighted by atomic mass is 16.5. The maximum atomic E-state index is 12.3. The highest BCUT2D eigenvalue weighted by Crippen LogP contribution is 2.51. The van der Waals surface area contributed by atoms with Gasteiger partial charge in [-0.3, -0.25) is 4.79 Å². The Morgan fingerprint density at radius 1 is 1.29 bits per heavy atom. The molecule has 5 nitrogen and oxygen atoms in total. The lowest BCUT2D eigenvalue weighted by molar-refractivity contribution is -0.194. The molecule has 0 aromatic heterocycles. The first kappa shape index (κ1) is 18.5. The largest absolute Gasteiger partial charge is 0.479 e. The number of ether oxygens (including phenoxy) is 1. The Morgan fingerprint density at radius 2 is 1.92 bits per heavy atom. The minimum atomic E-state index is -1.25. The summed E-state index contributed by atoms with van der Waals surface area (Å²) in [6.45, 7) is 8.11. The average molecular weight is 333 g/mol. The molecule has 0 spiro atoms. The monoisotopic (exact) mass is 333 g/mol. The highest BCUT2D eigenvalue weighted by molar-refractivity contribution is 5.89. The zero-order valence-electron chi connectivity index (χ0n) is 14.9. The van der Waals surface area contributed by atoms with Crippen LogP contribution in [-0.2, 0) is 20.7 Å². The molecule has 24 heavy (non-hydrogen) atoms. The predicted molar refractivity (Wildman–Crippen MR) is 91.8 cm³/mol. The molecule has 1 saturated carbocycles. The summed E-state index contributed by atoms with van der Waals surface area (Å²) in [4.78, 5) is 24.2. The lowest BCUT2D eigenvalue weighted by Crippen LogP contribution is -2.76. The van der Waals surface area contributed by atoms with Crippen molar-refractivity contribution in [1.29, 1.82) is 0 Å². The topological polar surface area (TPSA) is 75.6 Å². The van der Waals surface area contributed by atoms with Crippen molar-refractivity contribution >= 4 is 11.9 Å². The first-order valence-electron chi connectivity index (χ1n) is 8.44. The Morgan fingerprint density at radius 3 is 2.42 bits per heavy atom. The van der Waals surface area contributed by atoms with Gasteiger partial charge in [0, 0.05) is 24.9 Å². The second-order valence-electron chi connectivity index (χ2n) is 7.11. The number of nitrogens with one attached hydrogen (secondary N) is 1. The van der Waals surface area contributed by atoms with E-state index in [1.165, 1.54) is 5.56 Å². The Labute approximate surface area is 143 Å². The van der Waals surface area contributed by atoms with Crippen LogP contribution in [0.25, 0.3) is 0 Å². The van der Waals surface area contributed by atoms with Crippen LogP contribution in [0.4, 0.5) is 0 Å². The third-order valence-electron chi connectivity index (χ3n) is 5.24. The summed E-state index contributed by atoms with van der Waals surface area (Å²) in [5, 5.41) is 12.5. The molecule has 0 saturated heterocycles. The van der Waals surface area contributed by atoms with Crippen molar-refractivity contribution in [3.63, 3.8) is 0 Å². The summed E-state index contributed by atoms with van der Waals surface area (Å²) in [5.74, 6) is -1.23. The molecule has 0 bridgehead atoms. The number of carboxylic acid groups (broad SMARTS) is 1. The van der Waals surface area contributed by atoms with Crippen LogP contribution in [0.1, 0.15) is 44.7 Å². The zero-order valence-corrected chi connectivity index (χ0v) is 14.9. The fraction of sp³-hybridized carbons (Fsp3) is 0.579. The van der Waals surface area contributed by atoms with Gasteiger partial charge in [-0.1, -0.05) is 43.7 Å². The fourth-order valence-corrected chi connectivity index (χ4v) is 3.35. The minimum absolute atomic E-state index is 0.156.